The van der Waals surface area contributed by atoms with Crippen LogP contribution < -0.4 is 13.7 Å². The van der Waals surface area contributed by atoms with Gasteiger partial charge in [0.15, 0.2) is 33.1 Å². The van der Waals surface area contributed by atoms with Crippen LogP contribution in [0.1, 0.15) is 33.4 Å². The van der Waals surface area contributed by atoms with Crippen molar-refractivity contribution < 1.29 is 13.7 Å². The first-order valence-electron chi connectivity index (χ1n) is 23.9. The molecule has 0 fully saturated rings. The van der Waals surface area contributed by atoms with Crippen molar-refractivity contribution in [1.82, 2.24) is 13.7 Å². The summed E-state index contributed by atoms with van der Waals surface area (Å²) in [6.45, 7) is 13.0. The van der Waals surface area contributed by atoms with Gasteiger partial charge in [0.2, 0.25) is 0 Å². The van der Waals surface area contributed by atoms with E-state index in [2.05, 4.69) is 270 Å². The number of nitrogens with zero attached hydrogens (tertiary/aromatic N) is 6. The van der Waals surface area contributed by atoms with Crippen LogP contribution in [0.2, 0.25) is 0 Å². The first-order valence-corrected chi connectivity index (χ1v) is 23.9. The van der Waals surface area contributed by atoms with Gasteiger partial charge >= 0.3 is 0 Å². The van der Waals surface area contributed by atoms with Crippen molar-refractivity contribution in [2.24, 2.45) is 0 Å². The van der Waals surface area contributed by atoms with Gasteiger partial charge in [-0.1, -0.05) is 72.8 Å². The quantitative estimate of drug-likeness (QED) is 0.117. The van der Waals surface area contributed by atoms with Crippen LogP contribution in [0.25, 0.3) is 99.5 Å². The minimum Gasteiger partial charge on any atom is -0.195 e. The number of hydrogen-bond donors (Lipinski definition) is 0. The number of imidazole rings is 3. The summed E-state index contributed by atoms with van der Waals surface area (Å²) in [4.78, 5) is 0. The number of fused-ring (bicyclic) bond motifs is 9. The van der Waals surface area contributed by atoms with E-state index in [0.29, 0.717) is 0 Å². The van der Waals surface area contributed by atoms with Crippen LogP contribution in [-0.4, -0.2) is 13.7 Å². The third-order valence-corrected chi connectivity index (χ3v) is 14.1. The number of hydrogen-bond acceptors (Lipinski definition) is 0. The van der Waals surface area contributed by atoms with Crippen LogP contribution in [-0.2, 0) is 0 Å². The van der Waals surface area contributed by atoms with Gasteiger partial charge in [-0.2, -0.15) is 27.4 Å². The van der Waals surface area contributed by atoms with E-state index in [1.807, 2.05) is 0 Å². The predicted octanol–water partition coefficient (Wildman–Crippen LogP) is 13.7. The molecular formula is C63H51N6+3. The molecule has 0 atom stereocenters. The van der Waals surface area contributed by atoms with E-state index in [1.165, 1.54) is 65.7 Å². The summed E-state index contributed by atoms with van der Waals surface area (Å²) in [6.07, 6.45) is 6.82. The Balaban J connectivity index is 1.24. The topological polar surface area (TPSA) is 26.4 Å². The highest BCUT2D eigenvalue weighted by atomic mass is 15.2. The van der Waals surface area contributed by atoms with Crippen molar-refractivity contribution in [2.75, 3.05) is 0 Å². The minimum atomic E-state index is 1.13. The molecule has 0 aliphatic rings. The van der Waals surface area contributed by atoms with Gasteiger partial charge < -0.3 is 0 Å². The average Bonchev–Trinajstić information content (AvgIpc) is 4.04. The monoisotopic (exact) mass is 891 g/mol. The van der Waals surface area contributed by atoms with Crippen molar-refractivity contribution >= 4 is 65.4 Å². The van der Waals surface area contributed by atoms with Crippen LogP contribution in [0.15, 0.2) is 201 Å². The van der Waals surface area contributed by atoms with Crippen LogP contribution in [0.4, 0.5) is 0 Å². The summed E-state index contributed by atoms with van der Waals surface area (Å²) in [5, 5.41) is 7.22. The molecule has 10 aromatic carbocycles. The fraction of sp³-hybridized carbons (Fsp3) is 0.0952. The van der Waals surface area contributed by atoms with Gasteiger partial charge in [-0.25, -0.2) is 0 Å². The van der Waals surface area contributed by atoms with Crippen LogP contribution in [0.5, 0.6) is 0 Å². The molecule has 0 radical (unpaired) electrons. The summed E-state index contributed by atoms with van der Waals surface area (Å²) in [5.41, 5.74) is 20.9. The van der Waals surface area contributed by atoms with Crippen molar-refractivity contribution in [3.8, 4) is 34.1 Å². The van der Waals surface area contributed by atoms with E-state index in [1.54, 1.807) is 0 Å². The molecule has 3 heterocycles. The minimum absolute atomic E-state index is 1.13. The average molecular weight is 892 g/mol. The molecule has 13 rings (SSSR count). The van der Waals surface area contributed by atoms with Crippen molar-refractivity contribution in [3.05, 3.63) is 234 Å². The van der Waals surface area contributed by atoms with E-state index >= 15 is 0 Å². The molecule has 0 spiro atoms. The lowest BCUT2D eigenvalue weighted by molar-refractivity contribution is -0.568. The van der Waals surface area contributed by atoms with Gasteiger partial charge in [0.25, 0.3) is 19.0 Å². The van der Waals surface area contributed by atoms with Crippen molar-refractivity contribution in [2.45, 2.75) is 41.5 Å². The smallest absolute Gasteiger partial charge is 0.195 e. The van der Waals surface area contributed by atoms with Crippen LogP contribution in [0.3, 0.4) is 0 Å². The second kappa shape index (κ2) is 15.5. The van der Waals surface area contributed by atoms with Crippen LogP contribution >= 0.6 is 0 Å². The maximum Gasteiger partial charge on any atom is 0.255 e. The molecule has 0 bridgehead atoms. The van der Waals surface area contributed by atoms with Gasteiger partial charge in [0.05, 0.1) is 0 Å². The number of benzene rings is 10. The molecule has 69 heavy (non-hydrogen) atoms. The third kappa shape index (κ3) is 6.66. The molecule has 0 N–H and O–H groups in total. The SMILES string of the molecule is Cc1cccc(-n2c[n+](-c3cccc(C)c3)c3cc4c(cc32)c2cc3c(cc2c2cc5c(cc42)n(-c2cccc(C)c2)c[n+]5-c2cccc(C)c2)n(-c2cccc(C)c2)c[n+]3-c2cccc(C)c2)c1. The summed E-state index contributed by atoms with van der Waals surface area (Å²) < 4.78 is 14.2. The first kappa shape index (κ1) is 40.6. The highest BCUT2D eigenvalue weighted by Crippen LogP contribution is 2.41. The van der Waals surface area contributed by atoms with Crippen LogP contribution in [0, 0.1) is 41.5 Å². The number of aromatic nitrogens is 6. The third-order valence-electron chi connectivity index (χ3n) is 14.1. The number of rotatable bonds is 6. The van der Waals surface area contributed by atoms with E-state index in [4.69, 9.17) is 0 Å². The lowest BCUT2D eigenvalue weighted by atomic mass is 9.92. The van der Waals surface area contributed by atoms with Crippen molar-refractivity contribution in [1.29, 1.82) is 0 Å². The second-order valence-corrected chi connectivity index (χ2v) is 19.3. The Morgan fingerprint density at radius 3 is 0.768 bits per heavy atom. The van der Waals surface area contributed by atoms with Gasteiger partial charge in [-0.3, -0.25) is 0 Å². The van der Waals surface area contributed by atoms with Gasteiger partial charge in [-0.15, -0.1) is 0 Å². The Hall–Kier alpha value is -8.61. The van der Waals surface area contributed by atoms with E-state index in [-0.39, 0.29) is 0 Å². The summed E-state index contributed by atoms with van der Waals surface area (Å²) in [5.74, 6) is 0. The molecule has 3 aromatic heterocycles. The molecule has 0 aliphatic carbocycles. The molecule has 0 aliphatic heterocycles. The zero-order valence-electron chi connectivity index (χ0n) is 39.7. The number of aryl methyl sites for hydroxylation is 6. The zero-order chi connectivity index (χ0) is 46.7. The van der Waals surface area contributed by atoms with Crippen molar-refractivity contribution in [3.63, 3.8) is 0 Å². The fourth-order valence-corrected chi connectivity index (χ4v) is 10.8. The lowest BCUT2D eigenvalue weighted by Crippen LogP contribution is -2.29. The molecule has 0 saturated heterocycles. The Kier molecular flexibility index (Phi) is 9.12. The normalized spacial score (nSPS) is 11.9. The van der Waals surface area contributed by atoms with E-state index < -0.39 is 0 Å². The second-order valence-electron chi connectivity index (χ2n) is 19.3. The largest absolute Gasteiger partial charge is 0.255 e. The van der Waals surface area contributed by atoms with E-state index in [0.717, 1.165) is 67.2 Å². The summed E-state index contributed by atoms with van der Waals surface area (Å²) in [6, 6.07) is 67.8. The highest BCUT2D eigenvalue weighted by Gasteiger charge is 2.28. The van der Waals surface area contributed by atoms with Gasteiger partial charge in [0, 0.05) is 0 Å². The zero-order valence-corrected chi connectivity index (χ0v) is 39.7. The maximum absolute atomic E-state index is 2.46. The molecule has 6 nitrogen and oxygen atoms in total. The Labute approximate surface area is 401 Å². The molecule has 6 heteroatoms. The fourth-order valence-electron chi connectivity index (χ4n) is 10.8. The Bertz CT molecular complexity index is 3540. The molecular weight excluding hydrogens is 841 g/mol. The Morgan fingerprint density at radius 1 is 0.261 bits per heavy atom. The molecule has 0 unspecified atom stereocenters. The van der Waals surface area contributed by atoms with E-state index in [9.17, 15) is 0 Å². The summed E-state index contributed by atoms with van der Waals surface area (Å²) >= 11 is 0. The highest BCUT2D eigenvalue weighted by molar-refractivity contribution is 6.29. The maximum atomic E-state index is 2.46. The molecule has 330 valence electrons. The van der Waals surface area contributed by atoms with Gasteiger partial charge in [-0.05, 0) is 216 Å². The summed E-state index contributed by atoms with van der Waals surface area (Å²) in [7, 11) is 0. The molecule has 0 saturated carbocycles. The Morgan fingerprint density at radius 2 is 0.507 bits per heavy atom. The molecule has 13 aromatic rings. The lowest BCUT2D eigenvalue weighted by Gasteiger charge is -2.12. The van der Waals surface area contributed by atoms with Gasteiger partial charge in [0.1, 0.15) is 34.1 Å². The molecule has 0 amide bonds. The standard InChI is InChI=1S/C63H51N6/c1-40-13-7-19-46(25-40)64-37-65(47-20-8-14-41(2)26-47)59-32-53-52(31-58(59)64)54-33-60-62(68(50-23-11-17-44(5)29-50)38-66(60)48-21-9-15-42(3)27-48)35-56(54)57-36-63-61(34-55(53)57)67(49-22-10-16-43(4)28-49)39-69(63)51-24-12-18-45(6)30-51/h7-39H,1-6H3/q+3. The first-order chi connectivity index (χ1) is 33.6. The predicted molar refractivity (Wildman–Crippen MR) is 282 cm³/mol.